The minimum Gasteiger partial charge on any atom is -0.460 e. The fraction of sp³-hybridized carbons (Fsp3) is 0.625. The second kappa shape index (κ2) is 79.5. The van der Waals surface area contributed by atoms with Crippen LogP contribution in [0.5, 0.6) is 5.75 Å². The first kappa shape index (κ1) is 118. The molecule has 0 aliphatic heterocycles. The molecule has 33 heteroatoms. The van der Waals surface area contributed by atoms with Crippen LogP contribution in [0, 0.1) is 0 Å². The van der Waals surface area contributed by atoms with Gasteiger partial charge in [0.15, 0.2) is 0 Å². The zero-order valence-electron chi connectivity index (χ0n) is 51.7. The van der Waals surface area contributed by atoms with E-state index in [0.717, 1.165) is 4.68 Å². The van der Waals surface area contributed by atoms with Crippen molar-refractivity contribution < 1.29 is 61.2 Å². The largest absolute Gasteiger partial charge is 0.460 e. The number of rotatable bonds is 13. The van der Waals surface area contributed by atoms with Crippen molar-refractivity contribution >= 4 is 121 Å². The highest BCUT2D eigenvalue weighted by atomic mass is 79.9. The molecule has 4 amide bonds. The number of allylic oxidation sites excluding steroid dienone is 1. The Morgan fingerprint density at radius 1 is 0.640 bits per heavy atom. The number of nitrogens with two attached hydrogens (primary N) is 2. The lowest BCUT2D eigenvalue weighted by Crippen LogP contribution is -2.37. The normalized spacial score (nSPS) is 9.49. The smallest absolute Gasteiger partial charge is 0.412 e. The fourth-order valence-corrected chi connectivity index (χ4v) is 4.19. The van der Waals surface area contributed by atoms with Gasteiger partial charge in [0.2, 0.25) is 0 Å². The van der Waals surface area contributed by atoms with Crippen molar-refractivity contribution in [3.63, 3.8) is 0 Å². The maximum absolute atomic E-state index is 12.8. The summed E-state index contributed by atoms with van der Waals surface area (Å²) in [6.45, 7) is 15.4. The van der Waals surface area contributed by atoms with Crippen LogP contribution >= 0.6 is 91.3 Å². The van der Waals surface area contributed by atoms with Gasteiger partial charge in [0, 0.05) is 53.5 Å². The fourth-order valence-electron chi connectivity index (χ4n) is 4.00. The molecule has 3 rings (SSSR count). The van der Waals surface area contributed by atoms with Crippen LogP contribution in [-0.2, 0) is 44.4 Å². The Labute approximate surface area is 578 Å². The molecule has 2 heterocycles. The van der Waals surface area contributed by atoms with Gasteiger partial charge in [0.1, 0.15) is 35.2 Å². The van der Waals surface area contributed by atoms with Crippen LogP contribution in [0.3, 0.4) is 0 Å². The number of carbonyl (C=O) groups is 5. The van der Waals surface area contributed by atoms with E-state index in [1.807, 2.05) is 40.7 Å². The lowest BCUT2D eigenvalue weighted by molar-refractivity contribution is -0.155. The van der Waals surface area contributed by atoms with Gasteiger partial charge in [0.25, 0.3) is 0 Å². The predicted octanol–water partition coefficient (Wildman–Crippen LogP) is 13.2. The number of aliphatic hydroxyl groups excluding tert-OH is 1. The highest BCUT2D eigenvalue weighted by molar-refractivity contribution is 9.09. The average molecular weight is 1640 g/mol. The first-order valence-electron chi connectivity index (χ1n) is 24.1. The SMILES string of the molecule is C.C.C.C.C.CBr.CBr.CBr.CBr.CBr.CC(C)(C)OC(=O)CCC(=CF)CCl.CC(C)(C)OC(=O)CCC(=CF)CO.CN.CNC(=O)NN.CNC(=O)Oc1ccccc1.Cn1cn[nH]c1=O.Cn1cnn(CC(=CF)CNC(=O)OC(C)(C)C)c1=O. The number of alkyl halides is 6. The number of carbonyl (C=O) groups excluding carboxylic acids is 5. The Hall–Kier alpha value is -4.57. The van der Waals surface area contributed by atoms with Crippen LogP contribution in [-0.4, -0.2) is 151 Å². The first-order valence-corrected chi connectivity index (χ1v) is 32.6. The zero-order chi connectivity index (χ0) is 68.1. The Morgan fingerprint density at radius 3 is 1.30 bits per heavy atom. The summed E-state index contributed by atoms with van der Waals surface area (Å²) in [5.74, 6) is 13.6. The number of aromatic amines is 1. The molecule has 2 aromatic heterocycles. The standard InChI is InChI=1S/C12H19FN4O3.C10H16ClFO2.C10H17FO3.C8H9NO2.C3H5N3O.C2H7N3O.5CH3Br.CH5N.5CH4/c1-12(2,3)20-10(18)14-6-9(5-13)7-17-11(19)16(4)8-15-17;2*1-10(2,3)14-9(13)5-4-8(6-11)7-12;1-9-8(10)11-7-5-3-2-4-6-7;1-6-2-4-5-3(6)7;1-4-2(6)5-3;6*1-2;;;;;/h5,8H,6-7H2,1-4H3,(H,14,18);7H,4-6H2,1-3H3;6,12H,4-5,7H2,1-3H3;2-6H,1H3,(H,9,10);2H,1H3,(H,5,7);3H2,1H3,(H2,4,5,6);5*1H3;2H2,1H3;5*1H4. The Morgan fingerprint density at radius 2 is 1.04 bits per heavy atom. The number of aryl methyl sites for hydroxylation is 2. The quantitative estimate of drug-likeness (QED) is 0.0197. The van der Waals surface area contributed by atoms with Gasteiger partial charge in [0.05, 0.1) is 32.1 Å². The molecule has 1 aromatic carbocycles. The number of H-pyrrole nitrogens is 1. The number of aliphatic hydroxyl groups is 1. The third-order valence-corrected chi connectivity index (χ3v) is 7.65. The summed E-state index contributed by atoms with van der Waals surface area (Å²) in [5, 5.41) is 25.1. The maximum atomic E-state index is 12.8. The van der Waals surface area contributed by atoms with Gasteiger partial charge in [-0.05, 0) is 140 Å². The molecular weight excluding hydrogens is 1520 g/mol. The van der Waals surface area contributed by atoms with E-state index in [0.29, 0.717) is 36.7 Å². The van der Waals surface area contributed by atoms with Crippen molar-refractivity contribution in [2.24, 2.45) is 25.7 Å². The van der Waals surface area contributed by atoms with Crippen molar-refractivity contribution in [2.75, 3.05) is 69.3 Å². The minimum atomic E-state index is -0.648. The highest BCUT2D eigenvalue weighted by Gasteiger charge is 2.18. The van der Waals surface area contributed by atoms with E-state index >= 15 is 0 Å². The maximum Gasteiger partial charge on any atom is 0.412 e. The van der Waals surface area contributed by atoms with Gasteiger partial charge in [-0.25, -0.2) is 52.8 Å². The zero-order valence-corrected chi connectivity index (χ0v) is 60.3. The number of esters is 2. The Kier molecular flexibility index (Phi) is 106. The van der Waals surface area contributed by atoms with Gasteiger partial charge in [-0.1, -0.05) is 135 Å². The minimum absolute atomic E-state index is 0. The number of urea groups is 1. The summed E-state index contributed by atoms with van der Waals surface area (Å²) in [6.07, 6.45) is 3.54. The first-order chi connectivity index (χ1) is 39.4. The van der Waals surface area contributed by atoms with E-state index in [2.05, 4.69) is 122 Å². The number of halogens is 9. The number of nitrogens with one attached hydrogen (secondary N) is 5. The molecule has 3 aromatic rings. The molecule has 0 atom stereocenters. The number of hydrogen-bond acceptors (Lipinski definition) is 16. The third kappa shape index (κ3) is 85.5. The molecule has 0 saturated carbocycles. The topological polar surface area (TPSA) is 333 Å². The van der Waals surface area contributed by atoms with Crippen molar-refractivity contribution in [3.05, 3.63) is 99.7 Å². The summed E-state index contributed by atoms with van der Waals surface area (Å²) in [4.78, 5) is 76.0. The molecule has 0 saturated heterocycles. The van der Waals surface area contributed by atoms with E-state index in [1.165, 1.54) is 42.9 Å². The molecule has 0 aliphatic rings. The number of benzene rings is 1. The van der Waals surface area contributed by atoms with Gasteiger partial charge in [-0.3, -0.25) is 24.1 Å². The molecule has 532 valence electrons. The van der Waals surface area contributed by atoms with Gasteiger partial charge < -0.3 is 45.7 Å². The molecule has 0 fully saturated rings. The van der Waals surface area contributed by atoms with Crippen molar-refractivity contribution in [2.45, 2.75) is 148 Å². The van der Waals surface area contributed by atoms with E-state index in [4.69, 9.17) is 35.7 Å². The van der Waals surface area contributed by atoms with Crippen LogP contribution in [0.4, 0.5) is 27.6 Å². The number of hydrazine groups is 1. The molecule has 0 radical (unpaired) electrons. The molecule has 0 bridgehead atoms. The van der Waals surface area contributed by atoms with Crippen molar-refractivity contribution in [1.29, 1.82) is 0 Å². The summed E-state index contributed by atoms with van der Waals surface area (Å²) >= 11 is 20.1. The molecular formula is C56H113Br5ClF3N12O12. The monoisotopic (exact) mass is 1630 g/mol. The predicted molar refractivity (Wildman–Crippen MR) is 382 cm³/mol. The number of nitrogens with zero attached hydrogens (tertiary/aromatic N) is 5. The van der Waals surface area contributed by atoms with Crippen LogP contribution in [0.2, 0.25) is 0 Å². The number of aromatic nitrogens is 6. The van der Waals surface area contributed by atoms with E-state index in [9.17, 15) is 46.7 Å². The molecule has 10 N–H and O–H groups in total. The number of amides is 4. The second-order valence-electron chi connectivity index (χ2n) is 17.3. The summed E-state index contributed by atoms with van der Waals surface area (Å²) in [5.41, 5.74) is 5.02. The lowest BCUT2D eigenvalue weighted by atomic mass is 10.1. The molecule has 89 heavy (non-hydrogen) atoms. The number of alkyl carbamates (subject to hydrolysis) is 1. The average Bonchev–Trinajstić information content (AvgIpc) is 4.02. The van der Waals surface area contributed by atoms with E-state index in [1.54, 1.807) is 101 Å². The van der Waals surface area contributed by atoms with Crippen LogP contribution in [0.15, 0.2) is 88.3 Å². The van der Waals surface area contributed by atoms with Gasteiger partial charge >= 0.3 is 41.5 Å². The third-order valence-electron chi connectivity index (χ3n) is 7.30. The summed E-state index contributed by atoms with van der Waals surface area (Å²) < 4.78 is 60.4. The van der Waals surface area contributed by atoms with Gasteiger partial charge in [-0.15, -0.1) is 11.6 Å². The summed E-state index contributed by atoms with van der Waals surface area (Å²) in [6, 6.07) is 8.52. The van der Waals surface area contributed by atoms with Crippen LogP contribution < -0.4 is 49.1 Å². The Bertz CT molecular complexity index is 2230. The van der Waals surface area contributed by atoms with Crippen LogP contribution in [0.1, 0.15) is 125 Å². The van der Waals surface area contributed by atoms with E-state index < -0.39 is 29.0 Å². The van der Waals surface area contributed by atoms with Crippen LogP contribution in [0.25, 0.3) is 0 Å². The Balaban J connectivity index is -0.0000000620. The highest BCUT2D eigenvalue weighted by Crippen LogP contribution is 2.14. The number of para-hydroxylation sites is 1. The van der Waals surface area contributed by atoms with Gasteiger partial charge in [-0.2, -0.15) is 10.2 Å². The molecule has 24 nitrogen and oxygen atoms in total. The number of ether oxygens (including phenoxy) is 4. The second-order valence-corrected chi connectivity index (χ2v) is 17.5. The lowest BCUT2D eigenvalue weighted by Gasteiger charge is -2.19. The molecule has 0 spiro atoms. The van der Waals surface area contributed by atoms with Crippen molar-refractivity contribution in [1.82, 2.24) is 50.5 Å². The number of hydrogen-bond donors (Lipinski definition) is 8. The van der Waals surface area contributed by atoms with E-state index in [-0.39, 0.29) is 122 Å². The molecule has 0 unspecified atom stereocenters. The molecule has 0 aliphatic carbocycles. The summed E-state index contributed by atoms with van der Waals surface area (Å²) in [7, 11) is 7.68. The van der Waals surface area contributed by atoms with Crippen molar-refractivity contribution in [3.8, 4) is 5.75 Å².